The Morgan fingerprint density at radius 1 is 1.03 bits per heavy atom. The minimum atomic E-state index is -0.331. The molecule has 0 unspecified atom stereocenters. The number of aromatic nitrogens is 2. The van der Waals surface area contributed by atoms with Gasteiger partial charge in [-0.15, -0.1) is 0 Å². The number of hydrogen-bond donors (Lipinski definition) is 1. The highest BCUT2D eigenvalue weighted by Gasteiger charge is 2.13. The molecular formula is C23H23FN4O2. The number of amides is 1. The van der Waals surface area contributed by atoms with Crippen LogP contribution < -0.4 is 15.0 Å². The van der Waals surface area contributed by atoms with E-state index in [0.29, 0.717) is 22.9 Å². The van der Waals surface area contributed by atoms with E-state index in [9.17, 15) is 9.18 Å². The minimum Gasteiger partial charge on any atom is -0.457 e. The molecule has 30 heavy (non-hydrogen) atoms. The molecule has 1 aromatic heterocycles. The minimum absolute atomic E-state index is 0.240. The van der Waals surface area contributed by atoms with E-state index in [1.807, 2.05) is 6.07 Å². The first-order valence-electron chi connectivity index (χ1n) is 10.1. The van der Waals surface area contributed by atoms with Crippen molar-refractivity contribution in [2.45, 2.75) is 25.8 Å². The second-order valence-corrected chi connectivity index (χ2v) is 7.15. The van der Waals surface area contributed by atoms with E-state index in [-0.39, 0.29) is 18.3 Å². The lowest BCUT2D eigenvalue weighted by molar-refractivity contribution is 0.0949. The molecule has 3 aromatic rings. The Morgan fingerprint density at radius 3 is 2.63 bits per heavy atom. The van der Waals surface area contributed by atoms with Crippen LogP contribution in [0.5, 0.6) is 11.5 Å². The van der Waals surface area contributed by atoms with Crippen LogP contribution in [0.25, 0.3) is 0 Å². The predicted octanol–water partition coefficient (Wildman–Crippen LogP) is 4.33. The van der Waals surface area contributed by atoms with Crippen LogP contribution in [0.3, 0.4) is 0 Å². The van der Waals surface area contributed by atoms with Gasteiger partial charge in [0.2, 0.25) is 0 Å². The highest BCUT2D eigenvalue weighted by Crippen LogP contribution is 2.22. The van der Waals surface area contributed by atoms with Crippen LogP contribution in [0.15, 0.2) is 60.8 Å². The molecule has 1 amide bonds. The summed E-state index contributed by atoms with van der Waals surface area (Å²) in [6, 6.07) is 14.5. The van der Waals surface area contributed by atoms with Crippen LogP contribution in [0.4, 0.5) is 10.2 Å². The van der Waals surface area contributed by atoms with Crippen LogP contribution in [0, 0.1) is 5.82 Å². The average molecular weight is 406 g/mol. The van der Waals surface area contributed by atoms with Gasteiger partial charge in [0.1, 0.15) is 29.0 Å². The Morgan fingerprint density at radius 2 is 1.83 bits per heavy atom. The molecule has 2 aromatic carbocycles. The van der Waals surface area contributed by atoms with Crippen molar-refractivity contribution >= 4 is 11.7 Å². The Labute approximate surface area is 174 Å². The van der Waals surface area contributed by atoms with E-state index < -0.39 is 0 Å². The van der Waals surface area contributed by atoms with Crippen molar-refractivity contribution in [2.24, 2.45) is 0 Å². The van der Waals surface area contributed by atoms with Gasteiger partial charge in [-0.25, -0.2) is 14.4 Å². The number of nitrogens with zero attached hydrogens (tertiary/aromatic N) is 3. The summed E-state index contributed by atoms with van der Waals surface area (Å²) in [6.45, 7) is 2.25. The van der Waals surface area contributed by atoms with Gasteiger partial charge < -0.3 is 15.0 Å². The van der Waals surface area contributed by atoms with Crippen LogP contribution in [-0.2, 0) is 6.54 Å². The van der Waals surface area contributed by atoms with Crippen molar-refractivity contribution in [3.8, 4) is 11.5 Å². The van der Waals surface area contributed by atoms with E-state index >= 15 is 0 Å². The molecule has 154 valence electrons. The molecule has 6 nitrogen and oxygen atoms in total. The molecule has 7 heteroatoms. The number of rotatable bonds is 6. The molecule has 2 heterocycles. The molecule has 1 saturated heterocycles. The van der Waals surface area contributed by atoms with Gasteiger partial charge in [0.05, 0.1) is 6.54 Å². The summed E-state index contributed by atoms with van der Waals surface area (Å²) in [6.07, 6.45) is 5.34. The quantitative estimate of drug-likeness (QED) is 0.660. The fourth-order valence-electron chi connectivity index (χ4n) is 3.37. The number of ether oxygens (including phenoxy) is 1. The van der Waals surface area contributed by atoms with Gasteiger partial charge in [0.15, 0.2) is 0 Å². The van der Waals surface area contributed by atoms with E-state index in [1.165, 1.54) is 43.5 Å². The van der Waals surface area contributed by atoms with Gasteiger partial charge >= 0.3 is 0 Å². The Hall–Kier alpha value is -3.48. The smallest absolute Gasteiger partial charge is 0.251 e. The largest absolute Gasteiger partial charge is 0.457 e. The number of carbonyl (C=O) groups is 1. The third kappa shape index (κ3) is 5.11. The summed E-state index contributed by atoms with van der Waals surface area (Å²) < 4.78 is 18.7. The molecule has 1 N–H and O–H groups in total. The van der Waals surface area contributed by atoms with Gasteiger partial charge in [-0.2, -0.15) is 0 Å². The molecule has 0 saturated carbocycles. The number of hydrogen-bond acceptors (Lipinski definition) is 5. The first kappa shape index (κ1) is 19.8. The zero-order valence-corrected chi connectivity index (χ0v) is 16.6. The van der Waals surface area contributed by atoms with Gasteiger partial charge in [0, 0.05) is 24.8 Å². The third-order valence-corrected chi connectivity index (χ3v) is 4.92. The second kappa shape index (κ2) is 9.35. The first-order valence-corrected chi connectivity index (χ1v) is 10.1. The Bertz CT molecular complexity index is 1000. The fraction of sp³-hybridized carbons (Fsp3) is 0.261. The van der Waals surface area contributed by atoms with Crippen molar-refractivity contribution in [1.29, 1.82) is 0 Å². The standard InChI is InChI=1S/C23H23FN4O2/c24-18-7-9-19(10-8-18)30-20-6-4-5-17(15-20)23(29)26-16-21-25-12-11-22(27-21)28-13-2-1-3-14-28/h4-12,15H,1-3,13-14,16H2,(H,26,29). The van der Waals surface area contributed by atoms with Crippen LogP contribution >= 0.6 is 0 Å². The molecule has 0 radical (unpaired) electrons. The van der Waals surface area contributed by atoms with Crippen molar-refractivity contribution in [1.82, 2.24) is 15.3 Å². The topological polar surface area (TPSA) is 67.4 Å². The molecule has 1 aliphatic heterocycles. The molecule has 1 aliphatic rings. The summed E-state index contributed by atoms with van der Waals surface area (Å²) in [4.78, 5) is 23.7. The molecule has 0 aliphatic carbocycles. The summed E-state index contributed by atoms with van der Waals surface area (Å²) in [7, 11) is 0. The maximum absolute atomic E-state index is 13.0. The third-order valence-electron chi connectivity index (χ3n) is 4.92. The molecule has 0 bridgehead atoms. The summed E-state index contributed by atoms with van der Waals surface area (Å²) in [5.41, 5.74) is 0.460. The molecule has 4 rings (SSSR count). The van der Waals surface area contributed by atoms with Gasteiger partial charge in [-0.05, 0) is 67.8 Å². The predicted molar refractivity (Wildman–Crippen MR) is 112 cm³/mol. The van der Waals surface area contributed by atoms with Crippen molar-refractivity contribution in [2.75, 3.05) is 18.0 Å². The highest BCUT2D eigenvalue weighted by atomic mass is 19.1. The summed E-state index contributed by atoms with van der Waals surface area (Å²) in [5, 5.41) is 2.86. The van der Waals surface area contributed by atoms with E-state index in [2.05, 4.69) is 20.2 Å². The number of carbonyl (C=O) groups excluding carboxylic acids is 1. The lowest BCUT2D eigenvalue weighted by Crippen LogP contribution is -2.31. The van der Waals surface area contributed by atoms with Crippen molar-refractivity contribution in [3.63, 3.8) is 0 Å². The van der Waals surface area contributed by atoms with Gasteiger partial charge in [-0.1, -0.05) is 6.07 Å². The zero-order valence-electron chi connectivity index (χ0n) is 16.6. The van der Waals surface area contributed by atoms with Gasteiger partial charge in [-0.3, -0.25) is 4.79 Å². The Kier molecular flexibility index (Phi) is 6.17. The monoisotopic (exact) mass is 406 g/mol. The molecular weight excluding hydrogens is 383 g/mol. The van der Waals surface area contributed by atoms with Crippen LogP contribution in [0.2, 0.25) is 0 Å². The lowest BCUT2D eigenvalue weighted by Gasteiger charge is -2.27. The summed E-state index contributed by atoms with van der Waals surface area (Å²) in [5.74, 6) is 1.90. The molecule has 1 fully saturated rings. The van der Waals surface area contributed by atoms with E-state index in [0.717, 1.165) is 18.9 Å². The number of benzene rings is 2. The SMILES string of the molecule is O=C(NCc1nccc(N2CCCCC2)n1)c1cccc(Oc2ccc(F)cc2)c1. The highest BCUT2D eigenvalue weighted by molar-refractivity contribution is 5.94. The lowest BCUT2D eigenvalue weighted by atomic mass is 10.1. The van der Waals surface area contributed by atoms with E-state index in [1.54, 1.807) is 30.5 Å². The first-order chi connectivity index (χ1) is 14.7. The molecule has 0 atom stereocenters. The second-order valence-electron chi connectivity index (χ2n) is 7.15. The summed E-state index contributed by atoms with van der Waals surface area (Å²) >= 11 is 0. The number of piperidine rings is 1. The van der Waals surface area contributed by atoms with Gasteiger partial charge in [0.25, 0.3) is 5.91 Å². The fourth-order valence-corrected chi connectivity index (χ4v) is 3.37. The van der Waals surface area contributed by atoms with Crippen LogP contribution in [-0.4, -0.2) is 29.0 Å². The van der Waals surface area contributed by atoms with Crippen LogP contribution in [0.1, 0.15) is 35.4 Å². The number of halogens is 1. The average Bonchev–Trinajstić information content (AvgIpc) is 2.80. The maximum atomic E-state index is 13.0. The normalized spacial score (nSPS) is 13.7. The van der Waals surface area contributed by atoms with Crippen molar-refractivity contribution in [3.05, 3.63) is 78.0 Å². The van der Waals surface area contributed by atoms with Crippen molar-refractivity contribution < 1.29 is 13.9 Å². The van der Waals surface area contributed by atoms with E-state index in [4.69, 9.17) is 4.74 Å². The maximum Gasteiger partial charge on any atom is 0.251 e. The molecule has 0 spiro atoms. The number of nitrogens with one attached hydrogen (secondary N) is 1. The zero-order chi connectivity index (χ0) is 20.8. The number of anilines is 1. The Balaban J connectivity index is 1.37.